The van der Waals surface area contributed by atoms with Crippen LogP contribution in [0.1, 0.15) is 21.5 Å². The lowest BCUT2D eigenvalue weighted by atomic mass is 10.1. The quantitative estimate of drug-likeness (QED) is 0.912. The molecule has 2 aromatic rings. The second-order valence-corrected chi connectivity index (χ2v) is 5.21. The lowest BCUT2D eigenvalue weighted by Gasteiger charge is -2.08. The van der Waals surface area contributed by atoms with Crippen LogP contribution < -0.4 is 5.32 Å². The SMILES string of the molecule is Cc1cc(F)cc(C(=O)Nc2ncc(Br)cc2C)c1. The molecular weight excluding hydrogens is 311 g/mol. The predicted octanol–water partition coefficient (Wildman–Crippen LogP) is 3.85. The lowest BCUT2D eigenvalue weighted by molar-refractivity contribution is 0.102. The molecule has 1 heterocycles. The number of halogens is 2. The van der Waals surface area contributed by atoms with E-state index in [0.717, 1.165) is 10.0 Å². The Balaban J connectivity index is 2.25. The van der Waals surface area contributed by atoms with Crippen LogP contribution >= 0.6 is 15.9 Å². The maximum Gasteiger partial charge on any atom is 0.256 e. The van der Waals surface area contributed by atoms with E-state index in [-0.39, 0.29) is 11.5 Å². The first kappa shape index (κ1) is 13.7. The lowest BCUT2D eigenvalue weighted by Crippen LogP contribution is -2.14. The molecule has 1 aromatic carbocycles. The van der Waals surface area contributed by atoms with Gasteiger partial charge < -0.3 is 5.32 Å². The molecule has 19 heavy (non-hydrogen) atoms. The molecule has 5 heteroatoms. The number of amides is 1. The number of carbonyl (C=O) groups is 1. The van der Waals surface area contributed by atoms with Gasteiger partial charge in [-0.25, -0.2) is 9.37 Å². The molecule has 0 aliphatic heterocycles. The third-order valence-electron chi connectivity index (χ3n) is 2.58. The molecule has 0 atom stereocenters. The fourth-order valence-corrected chi connectivity index (χ4v) is 2.16. The van der Waals surface area contributed by atoms with Gasteiger partial charge >= 0.3 is 0 Å². The normalized spacial score (nSPS) is 10.3. The number of carbonyl (C=O) groups excluding carboxylic acids is 1. The van der Waals surface area contributed by atoms with E-state index in [1.165, 1.54) is 12.1 Å². The first-order valence-electron chi connectivity index (χ1n) is 5.66. The van der Waals surface area contributed by atoms with Gasteiger partial charge in [0.05, 0.1) is 0 Å². The fourth-order valence-electron chi connectivity index (χ4n) is 1.72. The molecule has 0 radical (unpaired) electrons. The Bertz CT molecular complexity index is 623. The van der Waals surface area contributed by atoms with Gasteiger partial charge in [0.25, 0.3) is 5.91 Å². The Morgan fingerprint density at radius 2 is 2.00 bits per heavy atom. The molecule has 0 fully saturated rings. The molecule has 1 N–H and O–H groups in total. The first-order chi connectivity index (χ1) is 8.95. The van der Waals surface area contributed by atoms with Crippen molar-refractivity contribution < 1.29 is 9.18 Å². The molecule has 0 spiro atoms. The second-order valence-electron chi connectivity index (χ2n) is 4.29. The molecule has 98 valence electrons. The largest absolute Gasteiger partial charge is 0.306 e. The maximum absolute atomic E-state index is 13.3. The minimum absolute atomic E-state index is 0.279. The van der Waals surface area contributed by atoms with E-state index < -0.39 is 5.82 Å². The summed E-state index contributed by atoms with van der Waals surface area (Å²) in [5, 5.41) is 2.67. The van der Waals surface area contributed by atoms with Crippen LogP contribution in [0.2, 0.25) is 0 Å². The van der Waals surface area contributed by atoms with Crippen molar-refractivity contribution in [1.82, 2.24) is 4.98 Å². The van der Waals surface area contributed by atoms with Gasteiger partial charge in [0, 0.05) is 16.2 Å². The first-order valence-corrected chi connectivity index (χ1v) is 6.45. The van der Waals surface area contributed by atoms with E-state index >= 15 is 0 Å². The van der Waals surface area contributed by atoms with Gasteiger partial charge in [-0.2, -0.15) is 0 Å². The molecule has 1 aromatic heterocycles. The molecule has 0 unspecified atom stereocenters. The summed E-state index contributed by atoms with van der Waals surface area (Å²) in [6.07, 6.45) is 1.60. The van der Waals surface area contributed by atoms with Gasteiger partial charge in [-0.1, -0.05) is 0 Å². The van der Waals surface area contributed by atoms with E-state index in [0.29, 0.717) is 11.4 Å². The molecule has 1 amide bonds. The number of rotatable bonds is 2. The van der Waals surface area contributed by atoms with Crippen LogP contribution in [0.25, 0.3) is 0 Å². The summed E-state index contributed by atoms with van der Waals surface area (Å²) in [4.78, 5) is 16.1. The Labute approximate surface area is 119 Å². The van der Waals surface area contributed by atoms with Crippen LogP contribution in [-0.2, 0) is 0 Å². The van der Waals surface area contributed by atoms with E-state index in [4.69, 9.17) is 0 Å². The van der Waals surface area contributed by atoms with Gasteiger partial charge in [0.1, 0.15) is 11.6 Å². The molecule has 2 rings (SSSR count). The monoisotopic (exact) mass is 322 g/mol. The highest BCUT2D eigenvalue weighted by Crippen LogP contribution is 2.18. The molecule has 0 aliphatic rings. The number of benzene rings is 1. The molecule has 0 saturated carbocycles. The van der Waals surface area contributed by atoms with E-state index in [9.17, 15) is 9.18 Å². The highest BCUT2D eigenvalue weighted by Gasteiger charge is 2.10. The summed E-state index contributed by atoms with van der Waals surface area (Å²) in [6, 6.07) is 6.06. The smallest absolute Gasteiger partial charge is 0.256 e. The molecule has 0 aliphatic carbocycles. The van der Waals surface area contributed by atoms with Crippen molar-refractivity contribution in [2.75, 3.05) is 5.32 Å². The summed E-state index contributed by atoms with van der Waals surface area (Å²) in [5.74, 6) is -0.332. The fraction of sp³-hybridized carbons (Fsp3) is 0.143. The van der Waals surface area contributed by atoms with Gasteiger partial charge in [-0.15, -0.1) is 0 Å². The summed E-state index contributed by atoms with van der Waals surface area (Å²) in [7, 11) is 0. The maximum atomic E-state index is 13.3. The minimum atomic E-state index is -0.425. The average Bonchev–Trinajstić information content (AvgIpc) is 2.31. The third kappa shape index (κ3) is 3.38. The van der Waals surface area contributed by atoms with Crippen LogP contribution in [0.4, 0.5) is 10.2 Å². The van der Waals surface area contributed by atoms with Gasteiger partial charge in [0.2, 0.25) is 0 Å². The topological polar surface area (TPSA) is 42.0 Å². The number of aryl methyl sites for hydroxylation is 2. The van der Waals surface area contributed by atoms with Crippen LogP contribution in [-0.4, -0.2) is 10.9 Å². The minimum Gasteiger partial charge on any atom is -0.306 e. The Hall–Kier alpha value is -1.75. The Kier molecular flexibility index (Phi) is 3.95. The zero-order valence-corrected chi connectivity index (χ0v) is 12.1. The molecule has 0 saturated heterocycles. The van der Waals surface area contributed by atoms with Crippen molar-refractivity contribution in [1.29, 1.82) is 0 Å². The Morgan fingerprint density at radius 1 is 1.26 bits per heavy atom. The highest BCUT2D eigenvalue weighted by molar-refractivity contribution is 9.10. The second kappa shape index (κ2) is 5.48. The summed E-state index contributed by atoms with van der Waals surface area (Å²) in [6.45, 7) is 3.58. The molecule has 3 nitrogen and oxygen atoms in total. The van der Waals surface area contributed by atoms with Gasteiger partial charge in [-0.05, 0) is 65.2 Å². The third-order valence-corrected chi connectivity index (χ3v) is 3.01. The van der Waals surface area contributed by atoms with Crippen molar-refractivity contribution in [2.24, 2.45) is 0 Å². The summed E-state index contributed by atoms with van der Waals surface area (Å²) in [5.41, 5.74) is 1.81. The number of hydrogen-bond acceptors (Lipinski definition) is 2. The zero-order chi connectivity index (χ0) is 14.0. The van der Waals surface area contributed by atoms with Crippen LogP contribution in [0.3, 0.4) is 0 Å². The summed E-state index contributed by atoms with van der Waals surface area (Å²) < 4.78 is 14.1. The predicted molar refractivity (Wildman–Crippen MR) is 75.8 cm³/mol. The van der Waals surface area contributed by atoms with Crippen molar-refractivity contribution >= 4 is 27.7 Å². The number of nitrogens with one attached hydrogen (secondary N) is 1. The van der Waals surface area contributed by atoms with Crippen molar-refractivity contribution in [3.8, 4) is 0 Å². The van der Waals surface area contributed by atoms with Crippen LogP contribution in [0.5, 0.6) is 0 Å². The van der Waals surface area contributed by atoms with Crippen molar-refractivity contribution in [3.05, 3.63) is 57.4 Å². The molecule has 0 bridgehead atoms. The Morgan fingerprint density at radius 3 is 2.63 bits per heavy atom. The zero-order valence-electron chi connectivity index (χ0n) is 10.5. The van der Waals surface area contributed by atoms with Crippen molar-refractivity contribution in [2.45, 2.75) is 13.8 Å². The number of anilines is 1. The van der Waals surface area contributed by atoms with Crippen LogP contribution in [0.15, 0.2) is 34.9 Å². The van der Waals surface area contributed by atoms with Gasteiger partial charge in [0.15, 0.2) is 0 Å². The van der Waals surface area contributed by atoms with Crippen molar-refractivity contribution in [3.63, 3.8) is 0 Å². The number of pyridine rings is 1. The van der Waals surface area contributed by atoms with E-state index in [2.05, 4.69) is 26.2 Å². The van der Waals surface area contributed by atoms with E-state index in [1.54, 1.807) is 19.2 Å². The van der Waals surface area contributed by atoms with Crippen LogP contribution in [0, 0.1) is 19.7 Å². The molecular formula is C14H12BrFN2O. The number of nitrogens with zero attached hydrogens (tertiary/aromatic N) is 1. The van der Waals surface area contributed by atoms with E-state index in [1.807, 2.05) is 13.0 Å². The highest BCUT2D eigenvalue weighted by atomic mass is 79.9. The van der Waals surface area contributed by atoms with Gasteiger partial charge in [-0.3, -0.25) is 4.79 Å². The number of hydrogen-bond donors (Lipinski definition) is 1. The standard InChI is InChI=1S/C14H12BrFN2O/c1-8-3-10(6-12(16)4-8)14(19)18-13-9(2)5-11(15)7-17-13/h3-7H,1-2H3,(H,17,18,19). The average molecular weight is 323 g/mol. The number of aromatic nitrogens is 1. The summed E-state index contributed by atoms with van der Waals surface area (Å²) >= 11 is 3.30.